The number of ether oxygens (including phenoxy) is 1. The number of benzene rings is 1. The monoisotopic (exact) mass is 310 g/mol. The Kier molecular flexibility index (Phi) is 2.77. The minimum absolute atomic E-state index is 0.152. The van der Waals surface area contributed by atoms with E-state index in [4.69, 9.17) is 4.74 Å². The zero-order valence-corrected chi connectivity index (χ0v) is 13.9. The van der Waals surface area contributed by atoms with Gasteiger partial charge < -0.3 is 4.74 Å². The van der Waals surface area contributed by atoms with Gasteiger partial charge in [0, 0.05) is 10.8 Å². The predicted octanol–water partition coefficient (Wildman–Crippen LogP) is 3.66. The van der Waals surface area contributed by atoms with Gasteiger partial charge in [0.1, 0.15) is 0 Å². The van der Waals surface area contributed by atoms with Crippen LogP contribution in [0.3, 0.4) is 0 Å². The van der Waals surface area contributed by atoms with Crippen LogP contribution in [0.15, 0.2) is 30.4 Å². The second-order valence-corrected chi connectivity index (χ2v) is 7.71. The van der Waals surface area contributed by atoms with Crippen LogP contribution >= 0.6 is 0 Å². The van der Waals surface area contributed by atoms with Crippen molar-refractivity contribution in [2.45, 2.75) is 44.9 Å². The minimum atomic E-state index is -0.481. The number of carbonyl (C=O) groups is 2. The van der Waals surface area contributed by atoms with Crippen LogP contribution < -0.4 is 0 Å². The first-order valence-electron chi connectivity index (χ1n) is 8.28. The van der Waals surface area contributed by atoms with E-state index in [1.165, 1.54) is 12.7 Å². The Morgan fingerprint density at radius 2 is 2.13 bits per heavy atom. The third kappa shape index (κ3) is 1.51. The molecule has 1 spiro atoms. The molecule has 0 heterocycles. The number of aryl methyl sites for hydroxylation is 1. The highest BCUT2D eigenvalue weighted by molar-refractivity contribution is 6.06. The van der Waals surface area contributed by atoms with Crippen LogP contribution in [0.5, 0.6) is 0 Å². The minimum Gasteiger partial charge on any atom is -0.469 e. The molecule has 3 nitrogen and oxygen atoms in total. The van der Waals surface area contributed by atoms with E-state index in [1.54, 1.807) is 0 Å². The summed E-state index contributed by atoms with van der Waals surface area (Å²) in [6, 6.07) is 6.22. The third-order valence-corrected chi connectivity index (χ3v) is 6.65. The van der Waals surface area contributed by atoms with E-state index in [0.717, 1.165) is 30.4 Å². The van der Waals surface area contributed by atoms with Gasteiger partial charge in [-0.1, -0.05) is 31.7 Å². The number of fused-ring (bicyclic) bond motifs is 3. The molecule has 2 fully saturated rings. The van der Waals surface area contributed by atoms with Gasteiger partial charge in [-0.2, -0.15) is 0 Å². The lowest BCUT2D eigenvalue weighted by atomic mass is 9.60. The zero-order valence-electron chi connectivity index (χ0n) is 13.9. The average molecular weight is 310 g/mol. The Morgan fingerprint density at radius 3 is 2.83 bits per heavy atom. The molecule has 0 aromatic heterocycles. The summed E-state index contributed by atoms with van der Waals surface area (Å²) < 4.78 is 5.17. The molecule has 0 amide bonds. The van der Waals surface area contributed by atoms with Crippen LogP contribution in [0.25, 0.3) is 0 Å². The molecule has 1 aromatic carbocycles. The molecule has 3 aliphatic rings. The van der Waals surface area contributed by atoms with Crippen molar-refractivity contribution in [2.24, 2.45) is 10.8 Å². The summed E-state index contributed by atoms with van der Waals surface area (Å²) in [6.45, 7) is 8.26. The summed E-state index contributed by atoms with van der Waals surface area (Å²) in [6.07, 6.45) is 2.53. The van der Waals surface area contributed by atoms with Gasteiger partial charge in [-0.3, -0.25) is 9.59 Å². The highest BCUT2D eigenvalue weighted by Crippen LogP contribution is 2.73. The van der Waals surface area contributed by atoms with Gasteiger partial charge in [0.25, 0.3) is 0 Å². The number of methoxy groups -OCH3 is 1. The fraction of sp³-hybridized carbons (Fsp3) is 0.500. The molecular weight excluding hydrogens is 288 g/mol. The van der Waals surface area contributed by atoms with E-state index in [9.17, 15) is 9.59 Å². The van der Waals surface area contributed by atoms with E-state index in [-0.39, 0.29) is 23.1 Å². The first kappa shape index (κ1) is 14.7. The average Bonchev–Trinajstić information content (AvgIpc) is 2.91. The Balaban J connectivity index is 2.02. The van der Waals surface area contributed by atoms with Crippen molar-refractivity contribution in [1.29, 1.82) is 0 Å². The van der Waals surface area contributed by atoms with Crippen molar-refractivity contribution in [2.75, 3.05) is 7.11 Å². The van der Waals surface area contributed by atoms with Gasteiger partial charge in [0.15, 0.2) is 5.78 Å². The predicted molar refractivity (Wildman–Crippen MR) is 87.2 cm³/mol. The molecular formula is C20H22O3. The normalized spacial score (nSPS) is 37.5. The standard InChI is InChI=1S/C20H22O3/c1-11-6-5-7-13-14-8-9-19(3)10-20(14,12(2)17(19)21)16(15(11)13)18(22)23-4/h5-7,14,16H,2,8-10H2,1,3-4H3/t14-,16+,19-,20-/m0/s1. The highest BCUT2D eigenvalue weighted by Gasteiger charge is 2.69. The summed E-state index contributed by atoms with van der Waals surface area (Å²) in [5.74, 6) is -0.275. The van der Waals surface area contributed by atoms with Crippen molar-refractivity contribution >= 4 is 11.8 Å². The van der Waals surface area contributed by atoms with E-state index in [2.05, 4.69) is 18.7 Å². The van der Waals surface area contributed by atoms with Crippen LogP contribution in [-0.4, -0.2) is 18.9 Å². The Hall–Kier alpha value is -1.90. The molecule has 2 bridgehead atoms. The number of rotatable bonds is 1. The van der Waals surface area contributed by atoms with Crippen LogP contribution in [-0.2, 0) is 14.3 Å². The molecule has 4 rings (SSSR count). The number of hydrogen-bond donors (Lipinski definition) is 0. The number of carbonyl (C=O) groups excluding carboxylic acids is 2. The molecule has 1 aromatic rings. The lowest BCUT2D eigenvalue weighted by molar-refractivity contribution is -0.145. The molecule has 0 N–H and O–H groups in total. The molecule has 0 saturated heterocycles. The van der Waals surface area contributed by atoms with Gasteiger partial charge in [0.2, 0.25) is 0 Å². The fourth-order valence-corrected chi connectivity index (χ4v) is 5.68. The Labute approximate surface area is 136 Å². The lowest BCUT2D eigenvalue weighted by Gasteiger charge is -2.41. The van der Waals surface area contributed by atoms with Crippen LogP contribution in [0, 0.1) is 17.8 Å². The summed E-state index contributed by atoms with van der Waals surface area (Å²) in [5, 5.41) is 0. The molecule has 4 atom stereocenters. The Bertz CT molecular complexity index is 762. The first-order chi connectivity index (χ1) is 10.9. The van der Waals surface area contributed by atoms with Crippen LogP contribution in [0.2, 0.25) is 0 Å². The maximum absolute atomic E-state index is 12.9. The van der Waals surface area contributed by atoms with Gasteiger partial charge >= 0.3 is 5.97 Å². The largest absolute Gasteiger partial charge is 0.469 e. The number of ketones is 1. The zero-order chi connectivity index (χ0) is 16.6. The lowest BCUT2D eigenvalue weighted by Crippen LogP contribution is -2.37. The van der Waals surface area contributed by atoms with Crippen molar-refractivity contribution in [3.8, 4) is 0 Å². The van der Waals surface area contributed by atoms with E-state index in [0.29, 0.717) is 5.57 Å². The molecule has 0 aliphatic heterocycles. The van der Waals surface area contributed by atoms with Crippen LogP contribution in [0.1, 0.15) is 54.7 Å². The first-order valence-corrected chi connectivity index (χ1v) is 8.28. The molecule has 23 heavy (non-hydrogen) atoms. The number of allylic oxidation sites excluding steroid dienone is 1. The topological polar surface area (TPSA) is 43.4 Å². The SMILES string of the molecule is C=C1C(=O)[C@@]2(C)CC[C@H]3c4cccc(C)c4[C@H](C(=O)OC)[C@@]13C2. The number of Topliss-reactive ketones (excluding diaryl/α,β-unsaturated/α-hetero) is 1. The fourth-order valence-electron chi connectivity index (χ4n) is 5.68. The molecule has 3 aliphatic carbocycles. The third-order valence-electron chi connectivity index (χ3n) is 6.65. The highest BCUT2D eigenvalue weighted by atomic mass is 16.5. The molecule has 0 unspecified atom stereocenters. The molecule has 3 heteroatoms. The molecule has 0 radical (unpaired) electrons. The van der Waals surface area contributed by atoms with Gasteiger partial charge in [0.05, 0.1) is 13.0 Å². The van der Waals surface area contributed by atoms with Gasteiger partial charge in [-0.15, -0.1) is 0 Å². The maximum atomic E-state index is 12.9. The smallest absolute Gasteiger partial charge is 0.314 e. The van der Waals surface area contributed by atoms with E-state index >= 15 is 0 Å². The van der Waals surface area contributed by atoms with E-state index < -0.39 is 11.3 Å². The van der Waals surface area contributed by atoms with Crippen molar-refractivity contribution in [3.63, 3.8) is 0 Å². The molecule has 2 saturated carbocycles. The second-order valence-electron chi connectivity index (χ2n) is 7.71. The second kappa shape index (κ2) is 4.34. The van der Waals surface area contributed by atoms with Crippen LogP contribution in [0.4, 0.5) is 0 Å². The molecule has 120 valence electrons. The number of esters is 1. The van der Waals surface area contributed by atoms with Crippen molar-refractivity contribution in [1.82, 2.24) is 0 Å². The summed E-state index contributed by atoms with van der Waals surface area (Å²) >= 11 is 0. The maximum Gasteiger partial charge on any atom is 0.314 e. The van der Waals surface area contributed by atoms with Crippen molar-refractivity contribution < 1.29 is 14.3 Å². The van der Waals surface area contributed by atoms with Crippen molar-refractivity contribution in [3.05, 3.63) is 47.0 Å². The van der Waals surface area contributed by atoms with E-state index in [1.807, 2.05) is 19.9 Å². The number of hydrogen-bond acceptors (Lipinski definition) is 3. The Morgan fingerprint density at radius 1 is 1.39 bits per heavy atom. The quantitative estimate of drug-likeness (QED) is 0.587. The summed E-state index contributed by atoms with van der Waals surface area (Å²) in [7, 11) is 1.44. The summed E-state index contributed by atoms with van der Waals surface area (Å²) in [5.41, 5.74) is 3.20. The van der Waals surface area contributed by atoms with Gasteiger partial charge in [-0.25, -0.2) is 0 Å². The summed E-state index contributed by atoms with van der Waals surface area (Å²) in [4.78, 5) is 25.6. The van der Waals surface area contributed by atoms with Gasteiger partial charge in [-0.05, 0) is 54.4 Å².